The molecule has 1 aliphatic rings. The second-order valence-electron chi connectivity index (χ2n) is 5.24. The third-order valence-electron chi connectivity index (χ3n) is 3.85. The van der Waals surface area contributed by atoms with Crippen LogP contribution < -0.4 is 5.32 Å². The highest BCUT2D eigenvalue weighted by Gasteiger charge is 2.47. The van der Waals surface area contributed by atoms with Crippen LogP contribution in [0, 0.1) is 0 Å². The van der Waals surface area contributed by atoms with Gasteiger partial charge in [0.05, 0.1) is 19.3 Å². The molecule has 0 bridgehead atoms. The Morgan fingerprint density at radius 3 is 2.65 bits per heavy atom. The number of aromatic nitrogens is 2. The lowest BCUT2D eigenvalue weighted by Gasteiger charge is -2.33. The van der Waals surface area contributed by atoms with Crippen LogP contribution in [0.4, 0.5) is 19.0 Å². The zero-order valence-electron chi connectivity index (χ0n) is 12.2. The third-order valence-corrected chi connectivity index (χ3v) is 3.85. The van der Waals surface area contributed by atoms with Crippen molar-refractivity contribution in [2.45, 2.75) is 24.7 Å². The van der Waals surface area contributed by atoms with E-state index < -0.39 is 24.2 Å². The number of nitrogens with zero attached hydrogens (tertiary/aromatic N) is 2. The molecule has 0 radical (unpaired) electrons. The van der Waals surface area contributed by atoms with Gasteiger partial charge in [-0.2, -0.15) is 18.3 Å². The van der Waals surface area contributed by atoms with Gasteiger partial charge in [0.1, 0.15) is 11.4 Å². The molecule has 1 aromatic carbocycles. The number of fused-ring (bicyclic) bond motifs is 1. The molecule has 122 valence electrons. The number of carbonyl (C=O) groups excluding carboxylic acids is 1. The molecule has 8 heteroatoms. The smallest absolute Gasteiger partial charge is 0.410 e. The topological polar surface area (TPSA) is 56.1 Å². The molecule has 3 rings (SSSR count). The predicted molar refractivity (Wildman–Crippen MR) is 76.1 cm³/mol. The van der Waals surface area contributed by atoms with Crippen LogP contribution in [0.3, 0.4) is 0 Å². The molecule has 2 aromatic rings. The van der Waals surface area contributed by atoms with E-state index in [0.29, 0.717) is 5.56 Å². The van der Waals surface area contributed by atoms with E-state index in [0.717, 1.165) is 10.9 Å². The molecule has 2 heterocycles. The fraction of sp³-hybridized carbons (Fsp3) is 0.333. The Kier molecular flexibility index (Phi) is 3.75. The summed E-state index contributed by atoms with van der Waals surface area (Å²) in [5, 5.41) is 6.71. The number of hydrogen-bond donors (Lipinski definition) is 1. The molecule has 5 nitrogen and oxygen atoms in total. The maximum absolute atomic E-state index is 13.4. The summed E-state index contributed by atoms with van der Waals surface area (Å²) in [5.41, 5.74) is 0.701. The Morgan fingerprint density at radius 2 is 2.04 bits per heavy atom. The molecular weight excluding hydrogens is 311 g/mol. The van der Waals surface area contributed by atoms with Crippen LogP contribution in [0.1, 0.15) is 34.4 Å². The van der Waals surface area contributed by atoms with Gasteiger partial charge >= 0.3 is 12.1 Å². The maximum atomic E-state index is 13.4. The minimum absolute atomic E-state index is 0.0117. The van der Waals surface area contributed by atoms with E-state index in [1.165, 1.54) is 7.11 Å². The van der Waals surface area contributed by atoms with Crippen LogP contribution in [0.25, 0.3) is 0 Å². The number of nitrogens with one attached hydrogen (secondary N) is 1. The van der Waals surface area contributed by atoms with Crippen LogP contribution in [-0.4, -0.2) is 29.0 Å². The number of rotatable bonds is 2. The van der Waals surface area contributed by atoms with Crippen molar-refractivity contribution in [2.24, 2.45) is 0 Å². The third kappa shape index (κ3) is 2.76. The van der Waals surface area contributed by atoms with E-state index in [-0.39, 0.29) is 17.8 Å². The van der Waals surface area contributed by atoms with Crippen molar-refractivity contribution in [3.8, 4) is 0 Å². The molecular formula is C15H14F3N3O2. The summed E-state index contributed by atoms with van der Waals surface area (Å²) in [5.74, 6) is -0.701. The van der Waals surface area contributed by atoms with Gasteiger partial charge in [-0.05, 0) is 5.56 Å². The Balaban J connectivity index is 2.06. The second kappa shape index (κ2) is 5.60. The highest BCUT2D eigenvalue weighted by atomic mass is 19.4. The van der Waals surface area contributed by atoms with Crippen molar-refractivity contribution in [1.82, 2.24) is 9.78 Å². The minimum Gasteiger partial charge on any atom is -0.465 e. The maximum Gasteiger partial charge on any atom is 0.410 e. The number of carbonyl (C=O) groups is 1. The van der Waals surface area contributed by atoms with E-state index in [9.17, 15) is 18.0 Å². The van der Waals surface area contributed by atoms with Crippen molar-refractivity contribution in [2.75, 3.05) is 12.4 Å². The first-order valence-electron chi connectivity index (χ1n) is 6.96. The number of esters is 1. The van der Waals surface area contributed by atoms with Crippen molar-refractivity contribution in [3.63, 3.8) is 0 Å². The summed E-state index contributed by atoms with van der Waals surface area (Å²) < 4.78 is 45.6. The summed E-state index contributed by atoms with van der Waals surface area (Å²) in [6.45, 7) is 0. The number of methoxy groups -OCH3 is 1. The highest BCUT2D eigenvalue weighted by Crippen LogP contribution is 2.44. The Morgan fingerprint density at radius 1 is 1.35 bits per heavy atom. The van der Waals surface area contributed by atoms with Crippen LogP contribution in [-0.2, 0) is 4.74 Å². The normalized spacial score (nSPS) is 20.5. The van der Waals surface area contributed by atoms with Gasteiger partial charge in [-0.25, -0.2) is 9.48 Å². The lowest BCUT2D eigenvalue weighted by atomic mass is 9.96. The van der Waals surface area contributed by atoms with Gasteiger partial charge < -0.3 is 10.1 Å². The van der Waals surface area contributed by atoms with Crippen LogP contribution in [0.15, 0.2) is 36.5 Å². The van der Waals surface area contributed by atoms with Gasteiger partial charge in [0.25, 0.3) is 0 Å². The molecule has 0 amide bonds. The molecule has 2 atom stereocenters. The van der Waals surface area contributed by atoms with E-state index in [4.69, 9.17) is 0 Å². The number of benzene rings is 1. The summed E-state index contributed by atoms with van der Waals surface area (Å²) in [4.78, 5) is 11.7. The van der Waals surface area contributed by atoms with Crippen LogP contribution in [0.2, 0.25) is 0 Å². The Hall–Kier alpha value is -2.51. The van der Waals surface area contributed by atoms with Gasteiger partial charge in [-0.15, -0.1) is 0 Å². The summed E-state index contributed by atoms with van der Waals surface area (Å²) in [7, 11) is 1.17. The van der Waals surface area contributed by atoms with Gasteiger partial charge in [-0.1, -0.05) is 30.3 Å². The van der Waals surface area contributed by atoms with Gasteiger partial charge in [0.15, 0.2) is 6.04 Å². The van der Waals surface area contributed by atoms with E-state index in [1.54, 1.807) is 30.3 Å². The fourth-order valence-corrected chi connectivity index (χ4v) is 2.73. The standard InChI is InChI=1S/C15H14F3N3O2/c1-23-14(22)10-8-19-21-12(15(16,17)18)7-11(20-13(10)21)9-5-3-2-4-6-9/h2-6,8,11-12,20H,7H2,1H3/t11-,12+/m0/s1. The lowest BCUT2D eigenvalue weighted by Crippen LogP contribution is -2.36. The highest BCUT2D eigenvalue weighted by molar-refractivity contribution is 5.94. The van der Waals surface area contributed by atoms with E-state index >= 15 is 0 Å². The van der Waals surface area contributed by atoms with E-state index in [1.807, 2.05) is 0 Å². The van der Waals surface area contributed by atoms with Crippen molar-refractivity contribution < 1.29 is 22.7 Å². The average molecular weight is 325 g/mol. The zero-order valence-corrected chi connectivity index (χ0v) is 12.2. The largest absolute Gasteiger partial charge is 0.465 e. The van der Waals surface area contributed by atoms with Crippen LogP contribution in [0.5, 0.6) is 0 Å². The molecule has 0 saturated heterocycles. The van der Waals surface area contributed by atoms with Gasteiger partial charge in [0, 0.05) is 6.42 Å². The fourth-order valence-electron chi connectivity index (χ4n) is 2.73. The molecule has 0 saturated carbocycles. The zero-order chi connectivity index (χ0) is 16.6. The number of alkyl halides is 3. The number of halogens is 3. The molecule has 0 unspecified atom stereocenters. The lowest BCUT2D eigenvalue weighted by molar-refractivity contribution is -0.173. The quantitative estimate of drug-likeness (QED) is 0.861. The van der Waals surface area contributed by atoms with Crippen molar-refractivity contribution >= 4 is 11.8 Å². The molecule has 0 spiro atoms. The molecule has 1 N–H and O–H groups in total. The summed E-state index contributed by atoms with van der Waals surface area (Å²) in [6, 6.07) is 6.42. The first-order chi connectivity index (χ1) is 10.9. The SMILES string of the molecule is COC(=O)c1cnn2c1N[C@H](c1ccccc1)C[C@@H]2C(F)(F)F. The summed E-state index contributed by atoms with van der Waals surface area (Å²) in [6.07, 6.45) is -3.58. The average Bonchev–Trinajstić information content (AvgIpc) is 2.97. The second-order valence-corrected chi connectivity index (χ2v) is 5.24. The predicted octanol–water partition coefficient (Wildman–Crippen LogP) is 3.33. The Labute approximate surface area is 130 Å². The Bertz CT molecular complexity index is 713. The molecule has 23 heavy (non-hydrogen) atoms. The number of anilines is 1. The first-order valence-corrected chi connectivity index (χ1v) is 6.96. The van der Waals surface area contributed by atoms with Crippen LogP contribution >= 0.6 is 0 Å². The van der Waals surface area contributed by atoms with Gasteiger partial charge in [-0.3, -0.25) is 0 Å². The first kappa shape index (κ1) is 15.4. The van der Waals surface area contributed by atoms with Gasteiger partial charge in [0.2, 0.25) is 0 Å². The minimum atomic E-state index is -4.47. The number of hydrogen-bond acceptors (Lipinski definition) is 4. The van der Waals surface area contributed by atoms with E-state index in [2.05, 4.69) is 15.2 Å². The van der Waals surface area contributed by atoms with Crippen molar-refractivity contribution in [3.05, 3.63) is 47.7 Å². The molecule has 0 fully saturated rings. The molecule has 0 aliphatic carbocycles. The summed E-state index contributed by atoms with van der Waals surface area (Å²) >= 11 is 0. The molecule has 1 aliphatic heterocycles. The monoisotopic (exact) mass is 325 g/mol. The number of ether oxygens (including phenoxy) is 1. The molecule has 1 aromatic heterocycles. The van der Waals surface area contributed by atoms with Crippen molar-refractivity contribution in [1.29, 1.82) is 0 Å².